The summed E-state index contributed by atoms with van der Waals surface area (Å²) in [6.07, 6.45) is 14.4. The van der Waals surface area contributed by atoms with Gasteiger partial charge in [0.1, 0.15) is 6.54 Å². The van der Waals surface area contributed by atoms with E-state index in [0.29, 0.717) is 0 Å². The Morgan fingerprint density at radius 2 is 1.13 bits per heavy atom. The molecular formula is C42H58N3+. The molecule has 0 bridgehead atoms. The van der Waals surface area contributed by atoms with Gasteiger partial charge in [-0.2, -0.15) is 0 Å². The van der Waals surface area contributed by atoms with Crippen LogP contribution in [-0.2, 0) is 0 Å². The van der Waals surface area contributed by atoms with Gasteiger partial charge in [-0.25, -0.2) is 4.99 Å². The number of fused-ring (bicyclic) bond motifs is 1. The van der Waals surface area contributed by atoms with Crippen molar-refractivity contribution in [3.05, 3.63) is 107 Å². The van der Waals surface area contributed by atoms with Gasteiger partial charge in [-0.05, 0) is 109 Å². The van der Waals surface area contributed by atoms with Crippen molar-refractivity contribution in [2.75, 3.05) is 42.5 Å². The molecular weight excluding hydrogens is 546 g/mol. The molecule has 3 aromatic rings. The van der Waals surface area contributed by atoms with Gasteiger partial charge >= 0.3 is 0 Å². The molecule has 3 nitrogen and oxygen atoms in total. The average Bonchev–Trinajstić information content (AvgIpc) is 3.07. The van der Waals surface area contributed by atoms with Gasteiger partial charge in [-0.15, -0.1) is 0 Å². The van der Waals surface area contributed by atoms with E-state index in [2.05, 4.69) is 135 Å². The minimum absolute atomic E-state index is 0.904. The Hall–Kier alpha value is -3.59. The number of hydrogen-bond acceptors (Lipinski definition) is 2. The predicted octanol–water partition coefficient (Wildman–Crippen LogP) is 9.23. The van der Waals surface area contributed by atoms with Gasteiger partial charge in [0, 0.05) is 43.6 Å². The highest BCUT2D eigenvalue weighted by Crippen LogP contribution is 2.39. The average molecular weight is 605 g/mol. The molecule has 0 radical (unpaired) electrons. The third-order valence-electron chi connectivity index (χ3n) is 9.05. The largest absolute Gasteiger partial charge is 0.372 e. The second kappa shape index (κ2) is 17.8. The molecule has 0 atom stereocenters. The van der Waals surface area contributed by atoms with Crippen molar-refractivity contribution in [3.63, 3.8) is 0 Å². The van der Waals surface area contributed by atoms with Crippen molar-refractivity contribution in [2.24, 2.45) is 0 Å². The highest BCUT2D eigenvalue weighted by molar-refractivity contribution is 6.17. The Morgan fingerprint density at radius 3 is 1.67 bits per heavy atom. The molecule has 3 aromatic carbocycles. The van der Waals surface area contributed by atoms with Crippen molar-refractivity contribution in [3.8, 4) is 0 Å². The zero-order chi connectivity index (χ0) is 32.0. The van der Waals surface area contributed by atoms with E-state index in [9.17, 15) is 0 Å². The third kappa shape index (κ3) is 8.78. The minimum Gasteiger partial charge on any atom is -0.372 e. The standard InChI is InChI=1S/C42H57N3/c1-7-12-28-44(29-13-8-2)35-22-20-34(21-23-35)42(40-26-27-41(43-11-5)39-19-17-16-18-38(39)40)37-25-24-36(32-33(37)6)45(30-14-9-3)31-15-10-4/h16-27,32H,7-15,28-31H2,1-6H3/p+1/b42-40+,43-41?. The maximum Gasteiger partial charge on any atom is 0.206 e. The van der Waals surface area contributed by atoms with Crippen LogP contribution in [-0.4, -0.2) is 38.4 Å². The van der Waals surface area contributed by atoms with E-state index < -0.39 is 0 Å². The number of anilines is 2. The molecule has 1 aliphatic rings. The lowest BCUT2D eigenvalue weighted by Crippen LogP contribution is -2.72. The molecule has 0 saturated carbocycles. The number of nitrogens with one attached hydrogen (secondary N) is 1. The Labute approximate surface area is 274 Å². The fourth-order valence-electron chi connectivity index (χ4n) is 6.42. The van der Waals surface area contributed by atoms with Crippen LogP contribution < -0.4 is 14.8 Å². The molecule has 0 saturated heterocycles. The van der Waals surface area contributed by atoms with Crippen molar-refractivity contribution < 1.29 is 4.99 Å². The van der Waals surface area contributed by atoms with Crippen LogP contribution in [0.3, 0.4) is 0 Å². The summed E-state index contributed by atoms with van der Waals surface area (Å²) in [5.41, 5.74) is 13.0. The van der Waals surface area contributed by atoms with Crippen LogP contribution in [0.1, 0.15) is 114 Å². The summed E-state index contributed by atoms with van der Waals surface area (Å²) in [6.45, 7) is 19.0. The van der Waals surface area contributed by atoms with E-state index in [4.69, 9.17) is 0 Å². The van der Waals surface area contributed by atoms with Crippen molar-refractivity contribution >= 4 is 28.2 Å². The predicted molar refractivity (Wildman–Crippen MR) is 199 cm³/mol. The first kappa shape index (κ1) is 34.3. The topological polar surface area (TPSA) is 20.5 Å². The molecule has 0 aliphatic heterocycles. The first-order valence-corrected chi connectivity index (χ1v) is 17.9. The lowest BCUT2D eigenvalue weighted by atomic mass is 9.82. The van der Waals surface area contributed by atoms with Gasteiger partial charge in [-0.3, -0.25) is 0 Å². The molecule has 0 aromatic heterocycles. The summed E-state index contributed by atoms with van der Waals surface area (Å²) in [4.78, 5) is 8.77. The number of aryl methyl sites for hydroxylation is 1. The van der Waals surface area contributed by atoms with E-state index in [-0.39, 0.29) is 0 Å². The molecule has 4 rings (SSSR count). The molecule has 0 fully saturated rings. The Bertz CT molecular complexity index is 1430. The summed E-state index contributed by atoms with van der Waals surface area (Å²) < 4.78 is 0. The fourth-order valence-corrected chi connectivity index (χ4v) is 6.42. The molecule has 0 amide bonds. The van der Waals surface area contributed by atoms with E-state index in [1.807, 2.05) is 0 Å². The van der Waals surface area contributed by atoms with Gasteiger partial charge in [0.15, 0.2) is 0 Å². The number of allylic oxidation sites excluding steroid dienone is 3. The van der Waals surface area contributed by atoms with Gasteiger partial charge in [0.2, 0.25) is 5.71 Å². The fraction of sp³-hybridized carbons (Fsp3) is 0.452. The van der Waals surface area contributed by atoms with Crippen LogP contribution in [0.5, 0.6) is 0 Å². The van der Waals surface area contributed by atoms with Crippen LogP contribution in [0.15, 0.2) is 78.9 Å². The minimum atomic E-state index is 0.904. The third-order valence-corrected chi connectivity index (χ3v) is 9.05. The Morgan fingerprint density at radius 1 is 0.600 bits per heavy atom. The zero-order valence-corrected chi connectivity index (χ0v) is 29.1. The smallest absolute Gasteiger partial charge is 0.206 e. The number of nitrogens with zero attached hydrogens (tertiary/aromatic N) is 2. The lowest BCUT2D eigenvalue weighted by Gasteiger charge is -2.27. The Balaban J connectivity index is 1.86. The molecule has 0 spiro atoms. The summed E-state index contributed by atoms with van der Waals surface area (Å²) in [6, 6.07) is 25.5. The summed E-state index contributed by atoms with van der Waals surface area (Å²) in [5, 5.41) is 0. The van der Waals surface area contributed by atoms with Crippen molar-refractivity contribution in [2.45, 2.75) is 92.9 Å². The molecule has 45 heavy (non-hydrogen) atoms. The van der Waals surface area contributed by atoms with Crippen molar-refractivity contribution in [1.29, 1.82) is 0 Å². The van der Waals surface area contributed by atoms with Gasteiger partial charge in [-0.1, -0.05) is 89.8 Å². The Kier molecular flexibility index (Phi) is 13.5. The van der Waals surface area contributed by atoms with Gasteiger partial charge in [0.05, 0.1) is 5.56 Å². The number of unbranched alkanes of at least 4 members (excludes halogenated alkanes) is 4. The normalized spacial score (nSPS) is 14.5. The van der Waals surface area contributed by atoms with Crippen LogP contribution in [0.25, 0.3) is 11.1 Å². The SMILES string of the molecule is CCCCN(CCCC)c1ccc(/C(=C2/C=CC(=[NH+]CC)c3ccccc32)c2ccc(N(CCCC)CCCC)cc2C)cc1. The highest BCUT2D eigenvalue weighted by Gasteiger charge is 2.23. The van der Waals surface area contributed by atoms with Crippen LogP contribution in [0, 0.1) is 6.92 Å². The summed E-state index contributed by atoms with van der Waals surface area (Å²) in [7, 11) is 0. The van der Waals surface area contributed by atoms with Crippen LogP contribution >= 0.6 is 0 Å². The maximum absolute atomic E-state index is 3.59. The zero-order valence-electron chi connectivity index (χ0n) is 29.1. The van der Waals surface area contributed by atoms with E-state index in [1.165, 1.54) is 107 Å². The number of hydrogen-bond donors (Lipinski definition) is 1. The molecule has 0 unspecified atom stereocenters. The first-order valence-electron chi connectivity index (χ1n) is 17.9. The first-order chi connectivity index (χ1) is 22.1. The molecule has 0 heterocycles. The molecule has 1 N–H and O–H groups in total. The highest BCUT2D eigenvalue weighted by atomic mass is 15.1. The quantitative estimate of drug-likeness (QED) is 0.166. The summed E-state index contributed by atoms with van der Waals surface area (Å²) in [5.74, 6) is 0. The van der Waals surface area contributed by atoms with E-state index in [0.717, 1.165) is 32.7 Å². The number of benzene rings is 3. The van der Waals surface area contributed by atoms with Crippen molar-refractivity contribution in [1.82, 2.24) is 0 Å². The summed E-state index contributed by atoms with van der Waals surface area (Å²) >= 11 is 0. The van der Waals surface area contributed by atoms with Crippen LogP contribution in [0.2, 0.25) is 0 Å². The molecule has 1 aliphatic carbocycles. The monoisotopic (exact) mass is 604 g/mol. The maximum atomic E-state index is 3.59. The second-order valence-electron chi connectivity index (χ2n) is 12.5. The van der Waals surface area contributed by atoms with E-state index >= 15 is 0 Å². The lowest BCUT2D eigenvalue weighted by molar-refractivity contribution is -0.450. The van der Waals surface area contributed by atoms with Crippen LogP contribution in [0.4, 0.5) is 11.4 Å². The second-order valence-corrected chi connectivity index (χ2v) is 12.5. The number of rotatable bonds is 17. The van der Waals surface area contributed by atoms with E-state index in [1.54, 1.807) is 0 Å². The van der Waals surface area contributed by atoms with Gasteiger partial charge in [0.25, 0.3) is 0 Å². The van der Waals surface area contributed by atoms with Gasteiger partial charge < -0.3 is 9.80 Å². The molecule has 3 heteroatoms. The molecule has 240 valence electrons.